The van der Waals surface area contributed by atoms with Crippen LogP contribution in [0.15, 0.2) is 41.0 Å². The quantitative estimate of drug-likeness (QED) is 0.261. The summed E-state index contributed by atoms with van der Waals surface area (Å²) in [4.78, 5) is 12.6. The fraction of sp³-hybridized carbons (Fsp3) is 0.393. The Kier molecular flexibility index (Phi) is 9.20. The van der Waals surface area contributed by atoms with Gasteiger partial charge < -0.3 is 28.7 Å². The monoisotopic (exact) mass is 481 g/mol. The number of aryl methyl sites for hydroxylation is 1. The zero-order valence-electron chi connectivity index (χ0n) is 21.4. The van der Waals surface area contributed by atoms with Gasteiger partial charge in [0, 0.05) is 53.5 Å². The Bertz CT molecular complexity index is 1190. The van der Waals surface area contributed by atoms with Gasteiger partial charge in [-0.25, -0.2) is 0 Å². The summed E-state index contributed by atoms with van der Waals surface area (Å²) in [6, 6.07) is 7.66. The average molecular weight is 482 g/mol. The van der Waals surface area contributed by atoms with E-state index in [2.05, 4.69) is 5.32 Å². The summed E-state index contributed by atoms with van der Waals surface area (Å²) < 4.78 is 28.4. The highest BCUT2D eigenvalue weighted by atomic mass is 16.5. The van der Waals surface area contributed by atoms with E-state index < -0.39 is 0 Å². The SMILES string of the molecule is CCOCCCNC(=O)/C=C(\C)c1cc2c(-c3cc(OC)ccc3OC)coc2c(C)c1OCC. The predicted octanol–water partition coefficient (Wildman–Crippen LogP) is 5.77. The molecule has 0 aliphatic heterocycles. The van der Waals surface area contributed by atoms with Gasteiger partial charge in [-0.1, -0.05) is 0 Å². The van der Waals surface area contributed by atoms with Crippen molar-refractivity contribution in [2.45, 2.75) is 34.1 Å². The molecule has 35 heavy (non-hydrogen) atoms. The second kappa shape index (κ2) is 12.3. The first kappa shape index (κ1) is 26.2. The topological polar surface area (TPSA) is 79.2 Å². The Balaban J connectivity index is 2.05. The molecule has 1 heterocycles. The molecule has 0 unspecified atom stereocenters. The zero-order valence-corrected chi connectivity index (χ0v) is 21.4. The molecule has 0 saturated heterocycles. The molecule has 7 nitrogen and oxygen atoms in total. The summed E-state index contributed by atoms with van der Waals surface area (Å²) >= 11 is 0. The number of amides is 1. The molecule has 2 aromatic carbocycles. The molecule has 0 aliphatic rings. The highest BCUT2D eigenvalue weighted by Gasteiger charge is 2.21. The van der Waals surface area contributed by atoms with E-state index >= 15 is 0 Å². The van der Waals surface area contributed by atoms with E-state index in [4.69, 9.17) is 23.4 Å². The molecule has 1 amide bonds. The molecule has 188 valence electrons. The maximum atomic E-state index is 12.6. The van der Waals surface area contributed by atoms with Crippen molar-refractivity contribution in [3.05, 3.63) is 47.7 Å². The standard InChI is InChI=1S/C28H35NO6/c1-7-33-13-9-12-29-26(30)14-18(3)21-16-23-24(17-35-28(23)19(4)27(21)34-8-2)22-15-20(31-5)10-11-25(22)32-6/h10-11,14-17H,7-9,12-13H2,1-6H3,(H,29,30)/b18-14+. The first-order chi connectivity index (χ1) is 16.9. The van der Waals surface area contributed by atoms with E-state index in [9.17, 15) is 4.79 Å². The van der Waals surface area contributed by atoms with E-state index in [0.29, 0.717) is 37.9 Å². The van der Waals surface area contributed by atoms with E-state index in [-0.39, 0.29) is 5.91 Å². The highest BCUT2D eigenvalue weighted by Crippen LogP contribution is 2.43. The van der Waals surface area contributed by atoms with Gasteiger partial charge in [-0.2, -0.15) is 0 Å². The molecule has 1 aromatic heterocycles. The molecule has 0 aliphatic carbocycles. The Morgan fingerprint density at radius 1 is 1.09 bits per heavy atom. The Morgan fingerprint density at radius 2 is 1.89 bits per heavy atom. The lowest BCUT2D eigenvalue weighted by Gasteiger charge is -2.15. The molecule has 0 radical (unpaired) electrons. The Labute approximate surface area is 207 Å². The number of carbonyl (C=O) groups is 1. The third-order valence-corrected chi connectivity index (χ3v) is 5.77. The second-order valence-corrected chi connectivity index (χ2v) is 8.07. The smallest absolute Gasteiger partial charge is 0.244 e. The summed E-state index contributed by atoms with van der Waals surface area (Å²) in [6.45, 7) is 10.1. The van der Waals surface area contributed by atoms with Crippen molar-refractivity contribution >= 4 is 22.4 Å². The van der Waals surface area contributed by atoms with Gasteiger partial charge >= 0.3 is 0 Å². The number of hydrogen-bond acceptors (Lipinski definition) is 6. The maximum absolute atomic E-state index is 12.6. The normalized spacial score (nSPS) is 11.5. The van der Waals surface area contributed by atoms with Crippen LogP contribution >= 0.6 is 0 Å². The molecule has 3 aromatic rings. The maximum Gasteiger partial charge on any atom is 0.244 e. The largest absolute Gasteiger partial charge is 0.497 e. The van der Waals surface area contributed by atoms with E-state index in [1.807, 2.05) is 52.0 Å². The molecule has 0 bridgehead atoms. The van der Waals surface area contributed by atoms with Crippen LogP contribution in [0.1, 0.15) is 38.3 Å². The van der Waals surface area contributed by atoms with E-state index in [1.165, 1.54) is 0 Å². The first-order valence-electron chi connectivity index (χ1n) is 11.9. The molecule has 1 N–H and O–H groups in total. The Hall–Kier alpha value is -3.45. The number of carbonyl (C=O) groups excluding carboxylic acids is 1. The third kappa shape index (κ3) is 5.98. The van der Waals surface area contributed by atoms with Crippen molar-refractivity contribution in [1.82, 2.24) is 5.32 Å². The fourth-order valence-corrected chi connectivity index (χ4v) is 4.03. The van der Waals surface area contributed by atoms with E-state index in [1.54, 1.807) is 26.6 Å². The second-order valence-electron chi connectivity index (χ2n) is 8.07. The number of allylic oxidation sites excluding steroid dienone is 1. The molecule has 0 atom stereocenters. The molecular weight excluding hydrogens is 446 g/mol. The van der Waals surface area contributed by atoms with Crippen LogP contribution in [0.4, 0.5) is 0 Å². The minimum atomic E-state index is -0.152. The summed E-state index contributed by atoms with van der Waals surface area (Å²) in [5, 5.41) is 3.82. The lowest BCUT2D eigenvalue weighted by molar-refractivity contribution is -0.116. The van der Waals surface area contributed by atoms with Crippen molar-refractivity contribution in [3.63, 3.8) is 0 Å². The molecule has 3 rings (SSSR count). The number of hydrogen-bond donors (Lipinski definition) is 1. The summed E-state index contributed by atoms with van der Waals surface area (Å²) in [5.41, 5.74) is 4.96. The molecule has 0 fully saturated rings. The molecule has 0 saturated carbocycles. The molecule has 0 spiro atoms. The lowest BCUT2D eigenvalue weighted by atomic mass is 9.96. The lowest BCUT2D eigenvalue weighted by Crippen LogP contribution is -2.23. The number of nitrogens with one attached hydrogen (secondary N) is 1. The van der Waals surface area contributed by atoms with Gasteiger partial charge in [-0.05, 0) is 64.0 Å². The third-order valence-electron chi connectivity index (χ3n) is 5.77. The number of benzene rings is 2. The first-order valence-corrected chi connectivity index (χ1v) is 11.9. The fourth-order valence-electron chi connectivity index (χ4n) is 4.03. The minimum absolute atomic E-state index is 0.152. The Morgan fingerprint density at radius 3 is 2.57 bits per heavy atom. The van der Waals surface area contributed by atoms with Gasteiger partial charge in [-0.3, -0.25) is 4.79 Å². The van der Waals surface area contributed by atoms with Crippen LogP contribution in [-0.4, -0.2) is 46.5 Å². The molecular formula is C28H35NO6. The highest BCUT2D eigenvalue weighted by molar-refractivity contribution is 6.02. The van der Waals surface area contributed by atoms with Crippen molar-refractivity contribution < 1.29 is 28.2 Å². The van der Waals surface area contributed by atoms with Crippen LogP contribution in [0.25, 0.3) is 27.7 Å². The van der Waals surface area contributed by atoms with Gasteiger partial charge in [0.2, 0.25) is 5.91 Å². The van der Waals surface area contributed by atoms with Gasteiger partial charge in [0.25, 0.3) is 0 Å². The number of ether oxygens (including phenoxy) is 4. The van der Waals surface area contributed by atoms with Crippen LogP contribution in [0, 0.1) is 6.92 Å². The zero-order chi connectivity index (χ0) is 25.4. The number of methoxy groups -OCH3 is 2. The summed E-state index contributed by atoms with van der Waals surface area (Å²) in [5.74, 6) is 1.98. The summed E-state index contributed by atoms with van der Waals surface area (Å²) in [6.07, 6.45) is 4.09. The van der Waals surface area contributed by atoms with Gasteiger partial charge in [0.15, 0.2) is 0 Å². The van der Waals surface area contributed by atoms with Crippen LogP contribution in [0.2, 0.25) is 0 Å². The van der Waals surface area contributed by atoms with Crippen LogP contribution in [-0.2, 0) is 9.53 Å². The van der Waals surface area contributed by atoms with Crippen LogP contribution in [0.5, 0.6) is 17.2 Å². The number of fused-ring (bicyclic) bond motifs is 1. The van der Waals surface area contributed by atoms with Gasteiger partial charge in [-0.15, -0.1) is 0 Å². The average Bonchev–Trinajstić information content (AvgIpc) is 3.29. The van der Waals surface area contributed by atoms with Crippen molar-refractivity contribution in [3.8, 4) is 28.4 Å². The minimum Gasteiger partial charge on any atom is -0.497 e. The van der Waals surface area contributed by atoms with Crippen LogP contribution in [0.3, 0.4) is 0 Å². The summed E-state index contributed by atoms with van der Waals surface area (Å²) in [7, 11) is 3.27. The van der Waals surface area contributed by atoms with Crippen molar-refractivity contribution in [1.29, 1.82) is 0 Å². The molecule has 7 heteroatoms. The van der Waals surface area contributed by atoms with Crippen molar-refractivity contribution in [2.24, 2.45) is 0 Å². The van der Waals surface area contributed by atoms with Gasteiger partial charge in [0.1, 0.15) is 22.8 Å². The van der Waals surface area contributed by atoms with Gasteiger partial charge in [0.05, 0.1) is 27.1 Å². The van der Waals surface area contributed by atoms with Crippen LogP contribution < -0.4 is 19.5 Å². The number of furan rings is 1. The predicted molar refractivity (Wildman–Crippen MR) is 138 cm³/mol. The van der Waals surface area contributed by atoms with E-state index in [0.717, 1.165) is 51.0 Å². The van der Waals surface area contributed by atoms with Crippen molar-refractivity contribution in [2.75, 3.05) is 40.6 Å². The number of rotatable bonds is 12.